The van der Waals surface area contributed by atoms with Crippen LogP contribution in [0, 0.1) is 74.4 Å². The van der Waals surface area contributed by atoms with E-state index in [1.165, 1.54) is 94.2 Å². The molecule has 14 atom stereocenters. The summed E-state index contributed by atoms with van der Waals surface area (Å²) in [6, 6.07) is 27.9. The largest absolute Gasteiger partial charge is 0.516 e. The van der Waals surface area contributed by atoms with Gasteiger partial charge < -0.3 is 31.1 Å². The Morgan fingerprint density at radius 1 is 0.855 bits per heavy atom. The summed E-state index contributed by atoms with van der Waals surface area (Å²) in [6.45, 7) is 8.77. The molecule has 0 unspecified atom stereocenters. The number of carbonyl (C=O) groups is 1. The second-order valence-corrected chi connectivity index (χ2v) is 29.3. The van der Waals surface area contributed by atoms with Crippen molar-refractivity contribution in [3.8, 4) is 0 Å². The summed E-state index contributed by atoms with van der Waals surface area (Å²) in [4.78, 5) is 14.5. The highest BCUT2D eigenvalue weighted by molar-refractivity contribution is 5.78. The molecule has 6 aliphatic heterocycles. The quantitative estimate of drug-likeness (QED) is 0.0755. The van der Waals surface area contributed by atoms with Crippen molar-refractivity contribution in [2.45, 2.75) is 181 Å². The Kier molecular flexibility index (Phi) is 14.4. The maximum atomic E-state index is 14.5. The Morgan fingerprint density at radius 2 is 1.70 bits per heavy atom. The molecule has 0 saturated heterocycles. The minimum absolute atomic E-state index is 0.0969. The molecule has 7 heteroatoms. The van der Waals surface area contributed by atoms with E-state index >= 15 is 0 Å². The zero-order valence-electron chi connectivity index (χ0n) is 50.1. The van der Waals surface area contributed by atoms with Gasteiger partial charge in [-0.1, -0.05) is 167 Å². The number of hydrogen-bond acceptors (Lipinski definition) is 6. The van der Waals surface area contributed by atoms with E-state index in [0.29, 0.717) is 31.1 Å². The van der Waals surface area contributed by atoms with Crippen molar-refractivity contribution < 1.29 is 25.2 Å². The molecular formula is C76H94N2O5. The van der Waals surface area contributed by atoms with Crippen molar-refractivity contribution >= 4 is 23.2 Å². The standard InChI is InChI=1S/C76H94N2O5/c1-4-5-7-16-48-17-12-18-49(35-48)36-51-38-57-41-64-65-44-74-32-15-31-72(2)67(81)30-33-76(64,71(72)74)63-40-54-22-10-11-24-59(54)61(62(63)43-74)39-50-19-13-23-53(37-50)55-27-29-68(78-46-55)77-34-14-25-58(52-20-8-6-9-21-52)56(47-79)26-28-60(70(82)83)69-66(80)45-75(65,42-51)73(57,69)3/h10-13,15,17-19,22-24,27,29,32,35,37,40,43,47,51-52,57-58,60,63,66-67,69,71,77-81H,4-9,14,16,20-21,25-26,28,30-31,33-34,36,38-39,41-42,44-46H2,1-3H3,(H,82,83)/b56-47+/t51-,57+,58+,60-,63-,66-,67+,69+,71-,72-,73-,74-,75+,76+/m1/s1. The third-order valence-electron chi connectivity index (χ3n) is 25.4. The van der Waals surface area contributed by atoms with Gasteiger partial charge in [-0.05, 0) is 212 Å². The number of aliphatic hydroxyl groups is 3. The zero-order chi connectivity index (χ0) is 56.9. The van der Waals surface area contributed by atoms with Gasteiger partial charge in [0.2, 0.25) is 0 Å². The molecule has 0 amide bonds. The predicted octanol–water partition coefficient (Wildman–Crippen LogP) is 14.0. The lowest BCUT2D eigenvalue weighted by molar-refractivity contribution is -0.172. The van der Waals surface area contributed by atoms with Crippen LogP contribution in [0.4, 0.5) is 0 Å². The summed E-state index contributed by atoms with van der Waals surface area (Å²) in [7, 11) is 0. The number of nitrogens with one attached hydrogen (secondary N) is 2. The number of benzene rings is 3. The van der Waals surface area contributed by atoms with E-state index in [9.17, 15) is 25.2 Å². The molecule has 6 N–H and O–H groups in total. The summed E-state index contributed by atoms with van der Waals surface area (Å²) >= 11 is 0. The molecule has 3 aromatic carbocycles. The van der Waals surface area contributed by atoms with Gasteiger partial charge in [0.15, 0.2) is 0 Å². The summed E-state index contributed by atoms with van der Waals surface area (Å²) in [5.41, 5.74) is 11.9. The molecule has 83 heavy (non-hydrogen) atoms. The number of dihydropyridines is 1. The third-order valence-corrected chi connectivity index (χ3v) is 25.4. The number of unbranched alkanes of at least 4 members (excludes halogenated alkanes) is 2. The highest BCUT2D eigenvalue weighted by atomic mass is 16.4. The van der Waals surface area contributed by atoms with Crippen LogP contribution in [-0.4, -0.2) is 51.7 Å². The lowest BCUT2D eigenvalue weighted by atomic mass is 9.29. The van der Waals surface area contributed by atoms with E-state index < -0.39 is 40.8 Å². The first-order valence-corrected chi connectivity index (χ1v) is 33.2. The molecule has 4 saturated carbocycles. The first kappa shape index (κ1) is 55.5. The van der Waals surface area contributed by atoms with Crippen molar-refractivity contribution in [3.05, 3.63) is 170 Å². The number of hydrogen-bond donors (Lipinski definition) is 6. The van der Waals surface area contributed by atoms with Gasteiger partial charge in [0.25, 0.3) is 0 Å². The van der Waals surface area contributed by atoms with E-state index in [0.717, 1.165) is 114 Å². The van der Waals surface area contributed by atoms with Gasteiger partial charge in [0.05, 0.1) is 30.2 Å². The molecule has 4 fully saturated rings. The topological polar surface area (TPSA) is 122 Å². The van der Waals surface area contributed by atoms with E-state index in [1.807, 2.05) is 0 Å². The van der Waals surface area contributed by atoms with Gasteiger partial charge in [-0.2, -0.15) is 0 Å². The Morgan fingerprint density at radius 3 is 2.52 bits per heavy atom. The van der Waals surface area contributed by atoms with Crippen molar-refractivity contribution in [3.63, 3.8) is 0 Å². The van der Waals surface area contributed by atoms with Gasteiger partial charge in [-0.3, -0.25) is 4.79 Å². The number of carboxylic acids is 1. The van der Waals surface area contributed by atoms with Crippen LogP contribution in [0.5, 0.6) is 0 Å². The monoisotopic (exact) mass is 1110 g/mol. The van der Waals surface area contributed by atoms with Crippen molar-refractivity contribution in [1.82, 2.24) is 10.6 Å². The van der Waals surface area contributed by atoms with Gasteiger partial charge >= 0.3 is 5.97 Å². The van der Waals surface area contributed by atoms with Gasteiger partial charge in [-0.25, -0.2) is 0 Å². The second-order valence-electron chi connectivity index (χ2n) is 29.3. The molecule has 15 aliphatic rings. The number of aliphatic hydroxyl groups excluding tert-OH is 3. The summed E-state index contributed by atoms with van der Waals surface area (Å²) < 4.78 is 0. The summed E-state index contributed by atoms with van der Waals surface area (Å²) in [5, 5.41) is 59.5. The van der Waals surface area contributed by atoms with Crippen LogP contribution in [0.1, 0.15) is 171 Å². The molecule has 7 nitrogen and oxygen atoms in total. The van der Waals surface area contributed by atoms with Crippen molar-refractivity contribution in [2.24, 2.45) is 74.4 Å². The third kappa shape index (κ3) is 8.85. The molecular weight excluding hydrogens is 1020 g/mol. The maximum Gasteiger partial charge on any atom is 0.306 e. The summed E-state index contributed by atoms with van der Waals surface area (Å²) in [5.74, 6) is 0.512. The molecule has 0 aromatic heterocycles. The first-order valence-electron chi connectivity index (χ1n) is 33.2. The number of aliphatic carboxylic acids is 1. The van der Waals surface area contributed by atoms with Crippen LogP contribution in [0.2, 0.25) is 0 Å². The second kappa shape index (κ2) is 21.5. The number of allylic oxidation sites excluding steroid dienone is 9. The fourth-order valence-corrected chi connectivity index (χ4v) is 22.1. The first-order chi connectivity index (χ1) is 40.3. The van der Waals surface area contributed by atoms with Crippen LogP contribution in [0.3, 0.4) is 0 Å². The number of rotatable bonds is 8. The van der Waals surface area contributed by atoms with Crippen molar-refractivity contribution in [1.29, 1.82) is 0 Å². The Hall–Kier alpha value is -5.37. The van der Waals surface area contributed by atoms with Crippen LogP contribution in [0.25, 0.3) is 17.2 Å². The van der Waals surface area contributed by atoms with Gasteiger partial charge in [0.1, 0.15) is 0 Å². The van der Waals surface area contributed by atoms with Crippen LogP contribution in [0.15, 0.2) is 138 Å². The number of fused-ring (bicyclic) bond motifs is 1. The van der Waals surface area contributed by atoms with Gasteiger partial charge in [0, 0.05) is 46.6 Å². The molecule has 438 valence electrons. The molecule has 3 aromatic rings. The lowest BCUT2D eigenvalue weighted by Gasteiger charge is -2.74. The fourth-order valence-electron chi connectivity index (χ4n) is 22.1. The highest BCUT2D eigenvalue weighted by Crippen LogP contribution is 2.83. The Balaban J connectivity index is 0.956. The van der Waals surface area contributed by atoms with Crippen LogP contribution >= 0.6 is 0 Å². The Labute approximate surface area is 495 Å². The van der Waals surface area contributed by atoms with Crippen LogP contribution in [-0.2, 0) is 24.1 Å². The molecule has 6 heterocycles. The lowest BCUT2D eigenvalue weighted by Crippen LogP contribution is -2.69. The van der Waals surface area contributed by atoms with Crippen molar-refractivity contribution in [2.75, 3.05) is 13.1 Å². The van der Waals surface area contributed by atoms with Crippen LogP contribution < -0.4 is 21.1 Å². The molecule has 2 spiro atoms. The minimum atomic E-state index is -0.794. The maximum absolute atomic E-state index is 14.5. The summed E-state index contributed by atoms with van der Waals surface area (Å²) in [6.07, 6.45) is 37.3. The zero-order valence-corrected chi connectivity index (χ0v) is 50.1. The highest BCUT2D eigenvalue weighted by Gasteiger charge is 2.77. The molecule has 15 bridgehead atoms. The fraction of sp³-hybridized carbons (Fsp3) is 0.566. The normalized spacial score (nSPS) is 38.6. The number of aryl methyl sites for hydroxylation is 1. The van der Waals surface area contributed by atoms with Gasteiger partial charge in [-0.15, -0.1) is 0 Å². The Bertz CT molecular complexity index is 3370. The van der Waals surface area contributed by atoms with E-state index in [-0.39, 0.29) is 39.9 Å². The molecule has 0 radical (unpaired) electrons. The smallest absolute Gasteiger partial charge is 0.306 e. The molecule has 9 aliphatic carbocycles. The average Bonchev–Trinajstić information content (AvgIpc) is 1.71. The minimum Gasteiger partial charge on any atom is -0.516 e. The van der Waals surface area contributed by atoms with E-state index in [1.54, 1.807) is 11.1 Å². The average molecular weight is 1120 g/mol. The SMILES string of the molecule is CCCCCc1cccc(C[C@@H]2C[C@H]3CC4=C5C[C@@]67C=CC[C@]8(C)[C@@H](O)CC[C@@]4([C@@H]4C=c9ccccc9=C(Cc9cccc(c9)C9=CC=C(NCCC[C@@H](C%10CCCCC%10)/C(=C/O)CC[C@@H](C(=O)O)[C@H]%10[C@H](O)C[C@]5(C2)[C@]3%10C)NC9)C4=C6)[C@@H]78)c1. The predicted molar refractivity (Wildman–Crippen MR) is 334 cm³/mol. The van der Waals surface area contributed by atoms with E-state index in [4.69, 9.17) is 0 Å². The van der Waals surface area contributed by atoms with E-state index in [2.05, 4.69) is 141 Å². The molecule has 18 rings (SSSR count). The number of carboxylic acid groups (broad SMARTS) is 1.